The Bertz CT molecular complexity index is 1290. The summed E-state index contributed by atoms with van der Waals surface area (Å²) in [7, 11) is 0. The maximum Gasteiger partial charge on any atom is 0.249 e. The predicted octanol–water partition coefficient (Wildman–Crippen LogP) is 5.71. The fourth-order valence-corrected chi connectivity index (χ4v) is 4.11. The number of hydrogen-bond donors (Lipinski definition) is 1. The third-order valence-electron chi connectivity index (χ3n) is 6.10. The molecule has 7 nitrogen and oxygen atoms in total. The van der Waals surface area contributed by atoms with E-state index < -0.39 is 0 Å². The van der Waals surface area contributed by atoms with Crippen molar-refractivity contribution in [1.29, 1.82) is 0 Å². The Morgan fingerprint density at radius 3 is 2.24 bits per heavy atom. The summed E-state index contributed by atoms with van der Waals surface area (Å²) in [5, 5.41) is 7.73. The molecule has 0 aliphatic heterocycles. The molecule has 0 unspecified atom stereocenters. The first-order valence-electron chi connectivity index (χ1n) is 13.0. The molecule has 0 spiro atoms. The summed E-state index contributed by atoms with van der Waals surface area (Å²) >= 11 is 0. The van der Waals surface area contributed by atoms with Crippen LogP contribution < -0.4 is 5.32 Å². The van der Waals surface area contributed by atoms with Crippen LogP contribution in [0.3, 0.4) is 0 Å². The highest BCUT2D eigenvalue weighted by Crippen LogP contribution is 2.24. The van der Waals surface area contributed by atoms with Gasteiger partial charge < -0.3 is 15.0 Å². The van der Waals surface area contributed by atoms with Gasteiger partial charge in [-0.25, -0.2) is 4.68 Å². The van der Waals surface area contributed by atoms with Gasteiger partial charge in [0, 0.05) is 18.2 Å². The van der Waals surface area contributed by atoms with Crippen LogP contribution in [0.5, 0.6) is 0 Å². The summed E-state index contributed by atoms with van der Waals surface area (Å²) in [6.07, 6.45) is 2.84. The molecule has 4 aromatic rings. The molecule has 1 aromatic heterocycles. The van der Waals surface area contributed by atoms with Gasteiger partial charge in [0.2, 0.25) is 11.8 Å². The van der Waals surface area contributed by atoms with E-state index in [0.29, 0.717) is 19.0 Å². The Morgan fingerprint density at radius 2 is 1.55 bits per heavy atom. The molecular formula is C31H34N4O3. The summed E-state index contributed by atoms with van der Waals surface area (Å²) in [6, 6.07) is 31.0. The highest BCUT2D eigenvalue weighted by molar-refractivity contribution is 5.94. The number of para-hydroxylation sites is 1. The molecule has 1 heterocycles. The number of aromatic nitrogens is 2. The van der Waals surface area contributed by atoms with Gasteiger partial charge in [0.1, 0.15) is 12.4 Å². The second-order valence-electron chi connectivity index (χ2n) is 9.08. The highest BCUT2D eigenvalue weighted by Gasteiger charge is 2.19. The van der Waals surface area contributed by atoms with Crippen molar-refractivity contribution in [2.24, 2.45) is 0 Å². The van der Waals surface area contributed by atoms with Crippen LogP contribution in [-0.2, 0) is 20.9 Å². The zero-order chi connectivity index (χ0) is 26.6. The molecule has 2 amide bonds. The van der Waals surface area contributed by atoms with Crippen molar-refractivity contribution in [2.75, 3.05) is 25.0 Å². The Morgan fingerprint density at radius 1 is 0.895 bits per heavy atom. The van der Waals surface area contributed by atoms with Gasteiger partial charge in [0.15, 0.2) is 0 Å². The SMILES string of the molecule is CCCCCN(CC(=O)Nc1cc(-c2ccccc2)nn1-c1ccccc1)C(=O)COCc1ccccc1. The quantitative estimate of drug-likeness (QED) is 0.234. The third-order valence-corrected chi connectivity index (χ3v) is 6.10. The number of amides is 2. The number of ether oxygens (including phenoxy) is 1. The van der Waals surface area contributed by atoms with Gasteiger partial charge in [-0.15, -0.1) is 0 Å². The van der Waals surface area contributed by atoms with Crippen LogP contribution >= 0.6 is 0 Å². The van der Waals surface area contributed by atoms with Crippen LogP contribution in [0.4, 0.5) is 5.82 Å². The molecule has 196 valence electrons. The maximum absolute atomic E-state index is 13.2. The molecule has 0 radical (unpaired) electrons. The zero-order valence-electron chi connectivity index (χ0n) is 21.8. The number of nitrogens with zero attached hydrogens (tertiary/aromatic N) is 3. The maximum atomic E-state index is 13.2. The normalized spacial score (nSPS) is 10.8. The lowest BCUT2D eigenvalue weighted by atomic mass is 10.1. The van der Waals surface area contributed by atoms with E-state index in [2.05, 4.69) is 12.2 Å². The van der Waals surface area contributed by atoms with Crippen molar-refractivity contribution < 1.29 is 14.3 Å². The lowest BCUT2D eigenvalue weighted by Gasteiger charge is -2.22. The number of benzene rings is 3. The average molecular weight is 511 g/mol. The Hall–Kier alpha value is -4.23. The summed E-state index contributed by atoms with van der Waals surface area (Å²) < 4.78 is 7.38. The lowest BCUT2D eigenvalue weighted by Crippen LogP contribution is -2.40. The van der Waals surface area contributed by atoms with Crippen LogP contribution in [0.25, 0.3) is 16.9 Å². The van der Waals surface area contributed by atoms with Crippen molar-refractivity contribution in [3.8, 4) is 16.9 Å². The number of rotatable bonds is 13. The molecule has 0 fully saturated rings. The molecule has 0 aliphatic carbocycles. The second-order valence-corrected chi connectivity index (χ2v) is 9.08. The molecule has 3 aromatic carbocycles. The van der Waals surface area contributed by atoms with E-state index in [4.69, 9.17) is 9.84 Å². The monoisotopic (exact) mass is 510 g/mol. The van der Waals surface area contributed by atoms with Gasteiger partial charge >= 0.3 is 0 Å². The largest absolute Gasteiger partial charge is 0.367 e. The standard InChI is InChI=1S/C31H34N4O3/c1-2-3-13-20-34(31(37)24-38-23-25-14-7-4-8-15-25)22-30(36)32-29-21-28(26-16-9-5-10-17-26)33-35(29)27-18-11-6-12-19-27/h4-12,14-19,21H,2-3,13,20,22-24H2,1H3,(H,32,36). The Balaban J connectivity index is 1.46. The second kappa shape index (κ2) is 13.9. The third kappa shape index (κ3) is 7.63. The smallest absolute Gasteiger partial charge is 0.249 e. The van der Waals surface area contributed by atoms with Crippen LogP contribution in [0.15, 0.2) is 97.1 Å². The number of anilines is 1. The van der Waals surface area contributed by atoms with Crippen molar-refractivity contribution in [3.63, 3.8) is 0 Å². The van der Waals surface area contributed by atoms with Gasteiger partial charge in [-0.05, 0) is 24.1 Å². The number of hydrogen-bond acceptors (Lipinski definition) is 4. The van der Waals surface area contributed by atoms with Gasteiger partial charge in [-0.2, -0.15) is 5.10 Å². The first-order chi connectivity index (χ1) is 18.6. The Kier molecular flexibility index (Phi) is 9.82. The van der Waals surface area contributed by atoms with Crippen LogP contribution in [0, 0.1) is 0 Å². The van der Waals surface area contributed by atoms with Gasteiger partial charge in [0.25, 0.3) is 0 Å². The summed E-state index contributed by atoms with van der Waals surface area (Å²) in [5.41, 5.74) is 3.52. The number of carbonyl (C=O) groups excluding carboxylic acids is 2. The van der Waals surface area contributed by atoms with Crippen LogP contribution in [0.2, 0.25) is 0 Å². The van der Waals surface area contributed by atoms with E-state index in [9.17, 15) is 9.59 Å². The minimum atomic E-state index is -0.283. The topological polar surface area (TPSA) is 76.5 Å². The van der Waals surface area contributed by atoms with E-state index in [1.54, 1.807) is 9.58 Å². The minimum Gasteiger partial charge on any atom is -0.367 e. The van der Waals surface area contributed by atoms with Gasteiger partial charge in [-0.3, -0.25) is 9.59 Å². The number of nitrogens with one attached hydrogen (secondary N) is 1. The molecule has 1 N–H and O–H groups in total. The summed E-state index contributed by atoms with van der Waals surface area (Å²) in [4.78, 5) is 27.8. The van der Waals surface area contributed by atoms with Crippen molar-refractivity contribution in [2.45, 2.75) is 32.8 Å². The number of carbonyl (C=O) groups is 2. The zero-order valence-corrected chi connectivity index (χ0v) is 21.8. The van der Waals surface area contributed by atoms with E-state index in [1.165, 1.54) is 0 Å². The molecule has 0 saturated carbocycles. The molecule has 4 rings (SSSR count). The summed E-state index contributed by atoms with van der Waals surface area (Å²) in [6.45, 7) is 2.82. The van der Waals surface area contributed by atoms with E-state index in [1.807, 2.05) is 97.1 Å². The van der Waals surface area contributed by atoms with Gasteiger partial charge in [-0.1, -0.05) is 98.6 Å². The highest BCUT2D eigenvalue weighted by atomic mass is 16.5. The van der Waals surface area contributed by atoms with Crippen LogP contribution in [0.1, 0.15) is 31.7 Å². The molecule has 0 bridgehead atoms. The molecule has 7 heteroatoms. The van der Waals surface area contributed by atoms with E-state index in [0.717, 1.165) is 41.8 Å². The molecular weight excluding hydrogens is 476 g/mol. The minimum absolute atomic E-state index is 0.0577. The van der Waals surface area contributed by atoms with E-state index in [-0.39, 0.29) is 25.0 Å². The first-order valence-corrected chi connectivity index (χ1v) is 13.0. The first kappa shape index (κ1) is 26.8. The number of unbranched alkanes of at least 4 members (excludes halogenated alkanes) is 2. The predicted molar refractivity (Wildman–Crippen MR) is 150 cm³/mol. The fraction of sp³-hybridized carbons (Fsp3) is 0.258. The van der Waals surface area contributed by atoms with E-state index >= 15 is 0 Å². The molecule has 0 aliphatic rings. The van der Waals surface area contributed by atoms with Crippen molar-refractivity contribution >= 4 is 17.6 Å². The Labute approximate surface area is 224 Å². The molecule has 0 saturated heterocycles. The van der Waals surface area contributed by atoms with Crippen LogP contribution in [-0.4, -0.2) is 46.2 Å². The average Bonchev–Trinajstić information content (AvgIpc) is 3.37. The molecule has 0 atom stereocenters. The fourth-order valence-electron chi connectivity index (χ4n) is 4.11. The molecule has 38 heavy (non-hydrogen) atoms. The summed E-state index contributed by atoms with van der Waals surface area (Å²) in [5.74, 6) is 0.0599. The van der Waals surface area contributed by atoms with Crippen molar-refractivity contribution in [1.82, 2.24) is 14.7 Å². The van der Waals surface area contributed by atoms with Gasteiger partial charge in [0.05, 0.1) is 24.5 Å². The van der Waals surface area contributed by atoms with Crippen molar-refractivity contribution in [3.05, 3.63) is 103 Å². The lowest BCUT2D eigenvalue weighted by molar-refractivity contribution is -0.139.